The summed E-state index contributed by atoms with van der Waals surface area (Å²) in [5.74, 6) is 0.208. The van der Waals surface area contributed by atoms with E-state index in [0.717, 1.165) is 44.1 Å². The minimum absolute atomic E-state index is 0.208. The highest BCUT2D eigenvalue weighted by molar-refractivity contribution is 5.95. The number of hydrogen-bond donors (Lipinski definition) is 0. The van der Waals surface area contributed by atoms with E-state index in [4.69, 9.17) is 4.74 Å². The van der Waals surface area contributed by atoms with Crippen molar-refractivity contribution in [3.8, 4) is 0 Å². The molecule has 3 rings (SSSR count). The summed E-state index contributed by atoms with van der Waals surface area (Å²) in [5.41, 5.74) is 2.15. The summed E-state index contributed by atoms with van der Waals surface area (Å²) in [5, 5.41) is 0. The van der Waals surface area contributed by atoms with E-state index in [-0.39, 0.29) is 5.91 Å². The van der Waals surface area contributed by atoms with Gasteiger partial charge in [0.2, 0.25) is 0 Å². The number of benzene rings is 1. The highest BCUT2D eigenvalue weighted by Crippen LogP contribution is 2.37. The second-order valence-electron chi connectivity index (χ2n) is 6.37. The SMILES string of the molecule is CCCc1ccc(C(=O)N2C3CCC2CC(OC)C3)cc1. The Balaban J connectivity index is 1.73. The molecule has 0 aromatic heterocycles. The Morgan fingerprint density at radius 2 is 1.81 bits per heavy atom. The number of aryl methyl sites for hydroxylation is 1. The minimum atomic E-state index is 0.208. The van der Waals surface area contributed by atoms with Crippen molar-refractivity contribution >= 4 is 5.91 Å². The molecule has 2 heterocycles. The first-order valence-electron chi connectivity index (χ1n) is 8.17. The molecule has 2 atom stereocenters. The quantitative estimate of drug-likeness (QED) is 0.849. The van der Waals surface area contributed by atoms with Crippen molar-refractivity contribution in [2.24, 2.45) is 0 Å². The summed E-state index contributed by atoms with van der Waals surface area (Å²) in [6.45, 7) is 2.18. The van der Waals surface area contributed by atoms with Gasteiger partial charge in [-0.3, -0.25) is 4.79 Å². The lowest BCUT2D eigenvalue weighted by Crippen LogP contribution is -2.48. The lowest BCUT2D eigenvalue weighted by Gasteiger charge is -2.38. The zero-order valence-corrected chi connectivity index (χ0v) is 13.0. The molecule has 3 nitrogen and oxygen atoms in total. The summed E-state index contributed by atoms with van der Waals surface area (Å²) in [6.07, 6.45) is 6.80. The van der Waals surface area contributed by atoms with Gasteiger partial charge in [0.05, 0.1) is 6.10 Å². The van der Waals surface area contributed by atoms with Gasteiger partial charge in [-0.05, 0) is 49.8 Å². The molecule has 1 aromatic carbocycles. The van der Waals surface area contributed by atoms with Gasteiger partial charge in [-0.25, -0.2) is 0 Å². The number of carbonyl (C=O) groups excluding carboxylic acids is 1. The van der Waals surface area contributed by atoms with Gasteiger partial charge in [-0.15, -0.1) is 0 Å². The van der Waals surface area contributed by atoms with Crippen LogP contribution in [0, 0.1) is 0 Å². The highest BCUT2D eigenvalue weighted by atomic mass is 16.5. The Morgan fingerprint density at radius 3 is 2.33 bits per heavy atom. The second kappa shape index (κ2) is 6.18. The molecule has 3 heteroatoms. The van der Waals surface area contributed by atoms with Crippen LogP contribution in [0.2, 0.25) is 0 Å². The largest absolute Gasteiger partial charge is 0.381 e. The first-order valence-corrected chi connectivity index (χ1v) is 8.17. The number of methoxy groups -OCH3 is 1. The van der Waals surface area contributed by atoms with E-state index in [9.17, 15) is 4.79 Å². The van der Waals surface area contributed by atoms with Gasteiger partial charge >= 0.3 is 0 Å². The summed E-state index contributed by atoms with van der Waals surface area (Å²) >= 11 is 0. The van der Waals surface area contributed by atoms with Crippen molar-refractivity contribution in [2.45, 2.75) is 63.6 Å². The Morgan fingerprint density at radius 1 is 1.19 bits per heavy atom. The van der Waals surface area contributed by atoms with Crippen LogP contribution in [-0.4, -0.2) is 36.1 Å². The Labute approximate surface area is 127 Å². The van der Waals surface area contributed by atoms with Crippen molar-refractivity contribution in [1.29, 1.82) is 0 Å². The molecule has 1 amide bonds. The molecule has 21 heavy (non-hydrogen) atoms. The van der Waals surface area contributed by atoms with Crippen molar-refractivity contribution in [2.75, 3.05) is 7.11 Å². The minimum Gasteiger partial charge on any atom is -0.381 e. The fourth-order valence-corrected chi connectivity index (χ4v) is 3.90. The van der Waals surface area contributed by atoms with E-state index in [1.807, 2.05) is 12.1 Å². The molecular formula is C18H25NO2. The molecule has 2 unspecified atom stereocenters. The van der Waals surface area contributed by atoms with Crippen LogP contribution in [0.25, 0.3) is 0 Å². The molecule has 0 radical (unpaired) electrons. The van der Waals surface area contributed by atoms with Crippen molar-refractivity contribution in [1.82, 2.24) is 4.90 Å². The van der Waals surface area contributed by atoms with Crippen molar-refractivity contribution in [3.63, 3.8) is 0 Å². The van der Waals surface area contributed by atoms with E-state index >= 15 is 0 Å². The lowest BCUT2D eigenvalue weighted by molar-refractivity contribution is 0.00822. The third-order valence-corrected chi connectivity index (χ3v) is 5.00. The smallest absolute Gasteiger partial charge is 0.254 e. The molecule has 2 aliphatic rings. The summed E-state index contributed by atoms with van der Waals surface area (Å²) in [7, 11) is 1.79. The highest BCUT2D eigenvalue weighted by Gasteiger charge is 2.43. The van der Waals surface area contributed by atoms with Gasteiger partial charge in [-0.1, -0.05) is 25.5 Å². The monoisotopic (exact) mass is 287 g/mol. The van der Waals surface area contributed by atoms with Crippen LogP contribution in [0.15, 0.2) is 24.3 Å². The second-order valence-corrected chi connectivity index (χ2v) is 6.37. The fraction of sp³-hybridized carbons (Fsp3) is 0.611. The van der Waals surface area contributed by atoms with Crippen LogP contribution in [0.5, 0.6) is 0 Å². The number of ether oxygens (including phenoxy) is 1. The molecule has 0 N–H and O–H groups in total. The summed E-state index contributed by atoms with van der Waals surface area (Å²) < 4.78 is 5.51. The molecule has 2 bridgehead atoms. The molecule has 0 saturated carbocycles. The summed E-state index contributed by atoms with van der Waals surface area (Å²) in [6, 6.07) is 8.93. The molecule has 2 aliphatic heterocycles. The zero-order valence-electron chi connectivity index (χ0n) is 13.0. The number of fused-ring (bicyclic) bond motifs is 2. The predicted molar refractivity (Wildman–Crippen MR) is 83.4 cm³/mol. The third kappa shape index (κ3) is 2.84. The standard InChI is InChI=1S/C18H25NO2/c1-3-4-13-5-7-14(8-6-13)18(20)19-15-9-10-16(19)12-17(11-15)21-2/h5-8,15-17H,3-4,9-12H2,1-2H3. The van der Waals surface area contributed by atoms with Crippen molar-refractivity contribution in [3.05, 3.63) is 35.4 Å². The maximum absolute atomic E-state index is 12.8. The van der Waals surface area contributed by atoms with Crippen LogP contribution < -0.4 is 0 Å². The van der Waals surface area contributed by atoms with E-state index in [0.29, 0.717) is 18.2 Å². The summed E-state index contributed by atoms with van der Waals surface area (Å²) in [4.78, 5) is 14.9. The van der Waals surface area contributed by atoms with Crippen LogP contribution in [-0.2, 0) is 11.2 Å². The number of carbonyl (C=O) groups is 1. The topological polar surface area (TPSA) is 29.5 Å². The number of hydrogen-bond acceptors (Lipinski definition) is 2. The molecule has 114 valence electrons. The van der Waals surface area contributed by atoms with Crippen LogP contribution in [0.4, 0.5) is 0 Å². The van der Waals surface area contributed by atoms with Gasteiger partial charge in [0.15, 0.2) is 0 Å². The molecular weight excluding hydrogens is 262 g/mol. The maximum Gasteiger partial charge on any atom is 0.254 e. The lowest BCUT2D eigenvalue weighted by atomic mass is 9.98. The average molecular weight is 287 g/mol. The number of piperidine rings is 1. The number of rotatable bonds is 4. The van der Waals surface area contributed by atoms with Crippen LogP contribution in [0.1, 0.15) is 54.9 Å². The van der Waals surface area contributed by atoms with Gasteiger partial charge in [0, 0.05) is 24.8 Å². The van der Waals surface area contributed by atoms with E-state index < -0.39 is 0 Å². The molecule has 1 aromatic rings. The molecule has 0 aliphatic carbocycles. The first-order chi connectivity index (χ1) is 10.2. The van der Waals surface area contributed by atoms with Crippen LogP contribution in [0.3, 0.4) is 0 Å². The predicted octanol–water partition coefficient (Wildman–Crippen LogP) is 3.42. The first kappa shape index (κ1) is 14.6. The third-order valence-electron chi connectivity index (χ3n) is 5.00. The van der Waals surface area contributed by atoms with Crippen LogP contribution >= 0.6 is 0 Å². The Hall–Kier alpha value is -1.35. The fourth-order valence-electron chi connectivity index (χ4n) is 3.90. The molecule has 2 saturated heterocycles. The van der Waals surface area contributed by atoms with E-state index in [1.54, 1.807) is 7.11 Å². The van der Waals surface area contributed by atoms with Gasteiger partial charge in [0.25, 0.3) is 5.91 Å². The molecule has 2 fully saturated rings. The molecule has 0 spiro atoms. The van der Waals surface area contributed by atoms with Gasteiger partial charge in [0.1, 0.15) is 0 Å². The van der Waals surface area contributed by atoms with E-state index in [2.05, 4.69) is 24.0 Å². The van der Waals surface area contributed by atoms with Crippen molar-refractivity contribution < 1.29 is 9.53 Å². The number of amides is 1. The normalized spacial score (nSPS) is 27.9. The Kier molecular flexibility index (Phi) is 4.29. The van der Waals surface area contributed by atoms with Gasteiger partial charge < -0.3 is 9.64 Å². The Bertz CT molecular complexity index is 482. The average Bonchev–Trinajstić information content (AvgIpc) is 2.77. The maximum atomic E-state index is 12.8. The van der Waals surface area contributed by atoms with Gasteiger partial charge in [-0.2, -0.15) is 0 Å². The zero-order chi connectivity index (χ0) is 14.8. The van der Waals surface area contributed by atoms with E-state index in [1.165, 1.54) is 5.56 Å². The number of nitrogens with zero attached hydrogens (tertiary/aromatic N) is 1.